The summed E-state index contributed by atoms with van der Waals surface area (Å²) in [7, 11) is 1.81. The van der Waals surface area contributed by atoms with Crippen LogP contribution in [0, 0.1) is 18.2 Å². The van der Waals surface area contributed by atoms with Gasteiger partial charge in [-0.1, -0.05) is 17.7 Å². The van der Waals surface area contributed by atoms with Gasteiger partial charge in [-0.05, 0) is 32.0 Å². The van der Waals surface area contributed by atoms with Crippen molar-refractivity contribution in [3.63, 3.8) is 0 Å². The van der Waals surface area contributed by atoms with Crippen LogP contribution in [0.4, 0.5) is 4.39 Å². The highest BCUT2D eigenvalue weighted by Gasteiger charge is 2.13. The second-order valence-electron chi connectivity index (χ2n) is 3.60. The van der Waals surface area contributed by atoms with E-state index in [1.165, 1.54) is 6.07 Å². The average molecular weight is 240 g/mol. The fourth-order valence-corrected chi connectivity index (χ4v) is 1.81. The van der Waals surface area contributed by atoms with Crippen molar-refractivity contribution in [3.8, 4) is 12.3 Å². The molecular formula is C13H15ClFN. The topological polar surface area (TPSA) is 12.0 Å². The van der Waals surface area contributed by atoms with Gasteiger partial charge in [0.15, 0.2) is 0 Å². The summed E-state index contributed by atoms with van der Waals surface area (Å²) in [6, 6.07) is 4.74. The van der Waals surface area contributed by atoms with Crippen LogP contribution in [-0.2, 0) is 0 Å². The Kier molecular flexibility index (Phi) is 5.31. The van der Waals surface area contributed by atoms with E-state index in [4.69, 9.17) is 18.0 Å². The molecule has 0 aliphatic rings. The first kappa shape index (κ1) is 13.0. The number of nitrogens with one attached hydrogen (secondary N) is 1. The highest BCUT2D eigenvalue weighted by molar-refractivity contribution is 6.30. The molecule has 0 fully saturated rings. The van der Waals surface area contributed by atoms with Crippen LogP contribution < -0.4 is 5.32 Å². The molecule has 0 bridgehead atoms. The number of rotatable bonds is 5. The van der Waals surface area contributed by atoms with Gasteiger partial charge >= 0.3 is 0 Å². The second-order valence-corrected chi connectivity index (χ2v) is 4.04. The van der Waals surface area contributed by atoms with Crippen molar-refractivity contribution in [1.82, 2.24) is 5.32 Å². The van der Waals surface area contributed by atoms with E-state index in [1.54, 1.807) is 12.1 Å². The Morgan fingerprint density at radius 3 is 2.88 bits per heavy atom. The van der Waals surface area contributed by atoms with Crippen LogP contribution in [0.3, 0.4) is 0 Å². The molecule has 1 aromatic rings. The lowest BCUT2D eigenvalue weighted by atomic mass is 10.0. The molecule has 0 aliphatic heterocycles. The molecule has 1 unspecified atom stereocenters. The number of benzene rings is 1. The lowest BCUT2D eigenvalue weighted by Crippen LogP contribution is -2.17. The molecule has 0 amide bonds. The van der Waals surface area contributed by atoms with Crippen LogP contribution in [0.5, 0.6) is 0 Å². The molecule has 1 nitrogen and oxygen atoms in total. The molecule has 3 heteroatoms. The standard InChI is InChI=1S/C13H15ClFN/c1-3-4-5-6-13(16-2)11-8-7-10(14)9-12(11)15/h1,7-9,13,16H,4-6H2,2H3. The van der Waals surface area contributed by atoms with E-state index in [2.05, 4.69) is 11.2 Å². The van der Waals surface area contributed by atoms with E-state index >= 15 is 0 Å². The smallest absolute Gasteiger partial charge is 0.129 e. The molecule has 16 heavy (non-hydrogen) atoms. The highest BCUT2D eigenvalue weighted by Crippen LogP contribution is 2.24. The Bertz CT molecular complexity index is 384. The Morgan fingerprint density at radius 2 is 2.31 bits per heavy atom. The van der Waals surface area contributed by atoms with E-state index < -0.39 is 0 Å². The third-order valence-electron chi connectivity index (χ3n) is 2.50. The molecule has 1 atom stereocenters. The van der Waals surface area contributed by atoms with Crippen LogP contribution in [0.1, 0.15) is 30.9 Å². The summed E-state index contributed by atoms with van der Waals surface area (Å²) in [4.78, 5) is 0. The molecule has 1 aromatic carbocycles. The van der Waals surface area contributed by atoms with Gasteiger partial charge in [0, 0.05) is 23.0 Å². The molecule has 0 aliphatic carbocycles. The summed E-state index contributed by atoms with van der Waals surface area (Å²) >= 11 is 5.70. The molecule has 0 saturated carbocycles. The summed E-state index contributed by atoms with van der Waals surface area (Å²) in [5.74, 6) is 2.31. The van der Waals surface area contributed by atoms with Crippen molar-refractivity contribution in [2.24, 2.45) is 0 Å². The molecule has 0 saturated heterocycles. The van der Waals surface area contributed by atoms with Gasteiger partial charge in [0.1, 0.15) is 5.82 Å². The molecular weight excluding hydrogens is 225 g/mol. The normalized spacial score (nSPS) is 12.1. The van der Waals surface area contributed by atoms with Crippen molar-refractivity contribution in [1.29, 1.82) is 0 Å². The van der Waals surface area contributed by atoms with Crippen molar-refractivity contribution in [3.05, 3.63) is 34.6 Å². The minimum Gasteiger partial charge on any atom is -0.313 e. The molecule has 0 spiro atoms. The number of hydrogen-bond donors (Lipinski definition) is 1. The third kappa shape index (κ3) is 3.52. The first-order valence-corrected chi connectivity index (χ1v) is 5.62. The zero-order valence-electron chi connectivity index (χ0n) is 9.26. The molecule has 0 radical (unpaired) electrons. The van der Waals surface area contributed by atoms with Crippen molar-refractivity contribution in [2.75, 3.05) is 7.05 Å². The van der Waals surface area contributed by atoms with Crippen molar-refractivity contribution >= 4 is 11.6 Å². The van der Waals surface area contributed by atoms with Gasteiger partial charge in [0.05, 0.1) is 0 Å². The summed E-state index contributed by atoms with van der Waals surface area (Å²) < 4.78 is 13.6. The van der Waals surface area contributed by atoms with Gasteiger partial charge in [-0.25, -0.2) is 4.39 Å². The predicted octanol–water partition coefficient (Wildman–Crippen LogP) is 3.54. The van der Waals surface area contributed by atoms with Crippen molar-refractivity contribution < 1.29 is 4.39 Å². The number of halogens is 2. The Balaban J connectivity index is 2.75. The Labute approximate surface area is 101 Å². The van der Waals surface area contributed by atoms with Crippen LogP contribution in [0.25, 0.3) is 0 Å². The largest absolute Gasteiger partial charge is 0.313 e. The number of hydrogen-bond acceptors (Lipinski definition) is 1. The summed E-state index contributed by atoms with van der Waals surface area (Å²) in [5.41, 5.74) is 0.643. The Morgan fingerprint density at radius 1 is 1.56 bits per heavy atom. The van der Waals surface area contributed by atoms with E-state index in [9.17, 15) is 4.39 Å². The Hall–Kier alpha value is -1.04. The van der Waals surface area contributed by atoms with E-state index in [-0.39, 0.29) is 11.9 Å². The third-order valence-corrected chi connectivity index (χ3v) is 2.74. The zero-order valence-corrected chi connectivity index (χ0v) is 10.0. The van der Waals surface area contributed by atoms with Crippen molar-refractivity contribution in [2.45, 2.75) is 25.3 Å². The zero-order chi connectivity index (χ0) is 12.0. The average Bonchev–Trinajstić information content (AvgIpc) is 2.26. The maximum Gasteiger partial charge on any atom is 0.129 e. The summed E-state index contributed by atoms with van der Waals surface area (Å²) in [5, 5.41) is 3.50. The van der Waals surface area contributed by atoms with E-state index in [0.29, 0.717) is 17.0 Å². The van der Waals surface area contributed by atoms with Gasteiger partial charge in [-0.2, -0.15) is 0 Å². The van der Waals surface area contributed by atoms with Gasteiger partial charge in [0.2, 0.25) is 0 Å². The maximum absolute atomic E-state index is 13.6. The van der Waals surface area contributed by atoms with Gasteiger partial charge < -0.3 is 5.32 Å². The molecule has 86 valence electrons. The molecule has 1 rings (SSSR count). The fraction of sp³-hybridized carbons (Fsp3) is 0.385. The van der Waals surface area contributed by atoms with Gasteiger partial charge in [0.25, 0.3) is 0 Å². The fourth-order valence-electron chi connectivity index (χ4n) is 1.65. The SMILES string of the molecule is C#CCCCC(NC)c1ccc(Cl)cc1F. The van der Waals surface area contributed by atoms with Crippen LogP contribution in [-0.4, -0.2) is 7.05 Å². The minimum atomic E-state index is -0.271. The van der Waals surface area contributed by atoms with Crippen LogP contribution >= 0.6 is 11.6 Å². The first-order chi connectivity index (χ1) is 7.69. The van der Waals surface area contributed by atoms with Crippen LogP contribution in [0.15, 0.2) is 18.2 Å². The first-order valence-electron chi connectivity index (χ1n) is 5.24. The summed E-state index contributed by atoms with van der Waals surface area (Å²) in [6.45, 7) is 0. The quantitative estimate of drug-likeness (QED) is 0.612. The molecule has 1 N–H and O–H groups in total. The lowest BCUT2D eigenvalue weighted by Gasteiger charge is -2.16. The monoisotopic (exact) mass is 239 g/mol. The maximum atomic E-state index is 13.6. The lowest BCUT2D eigenvalue weighted by molar-refractivity contribution is 0.498. The minimum absolute atomic E-state index is 0.00869. The van der Waals surface area contributed by atoms with Gasteiger partial charge in [-0.3, -0.25) is 0 Å². The molecule has 0 aromatic heterocycles. The summed E-state index contributed by atoms with van der Waals surface area (Å²) in [6.07, 6.45) is 7.60. The second kappa shape index (κ2) is 6.52. The highest BCUT2D eigenvalue weighted by atomic mass is 35.5. The number of terminal acetylenes is 1. The van der Waals surface area contributed by atoms with Crippen LogP contribution in [0.2, 0.25) is 5.02 Å². The predicted molar refractivity (Wildman–Crippen MR) is 65.9 cm³/mol. The van der Waals surface area contributed by atoms with E-state index in [0.717, 1.165) is 12.8 Å². The molecule has 0 heterocycles. The van der Waals surface area contributed by atoms with E-state index in [1.807, 2.05) is 7.05 Å². The number of unbranched alkanes of at least 4 members (excludes halogenated alkanes) is 1. The van der Waals surface area contributed by atoms with Gasteiger partial charge in [-0.15, -0.1) is 12.3 Å².